The molecule has 0 saturated heterocycles. The van der Waals surface area contributed by atoms with Crippen LogP contribution >= 0.6 is 11.6 Å². The smallest absolute Gasteiger partial charge is 0.224 e. The van der Waals surface area contributed by atoms with Crippen molar-refractivity contribution >= 4 is 17.4 Å². The summed E-state index contributed by atoms with van der Waals surface area (Å²) in [7, 11) is 1.73. The highest BCUT2D eigenvalue weighted by atomic mass is 35.5. The number of halogens is 1. The number of likely N-dealkylation sites (N-methyl/N-ethyl adjacent to an activating group) is 1. The van der Waals surface area contributed by atoms with Crippen molar-refractivity contribution in [1.29, 1.82) is 0 Å². The molecule has 1 aromatic heterocycles. The lowest BCUT2D eigenvalue weighted by Gasteiger charge is -2.28. The maximum atomic E-state index is 9.79. The SMILES string of the molecule is C.CN(c1nc(Cl)ncc1O)C(CO)c1ccccc1. The molecule has 0 aliphatic heterocycles. The molecule has 0 amide bonds. The molecule has 2 N–H and O–H groups in total. The Bertz CT molecular complexity index is 551. The molecule has 20 heavy (non-hydrogen) atoms. The molecule has 0 spiro atoms. The summed E-state index contributed by atoms with van der Waals surface area (Å²) in [5.41, 5.74) is 0.918. The van der Waals surface area contributed by atoms with Crippen molar-refractivity contribution in [1.82, 2.24) is 9.97 Å². The van der Waals surface area contributed by atoms with E-state index in [0.717, 1.165) is 5.56 Å². The van der Waals surface area contributed by atoms with Crippen LogP contribution in [-0.2, 0) is 0 Å². The molecule has 6 heteroatoms. The summed E-state index contributed by atoms with van der Waals surface area (Å²) in [5.74, 6) is 0.198. The van der Waals surface area contributed by atoms with Crippen molar-refractivity contribution in [2.24, 2.45) is 0 Å². The normalized spacial score (nSPS) is 11.6. The van der Waals surface area contributed by atoms with E-state index in [2.05, 4.69) is 9.97 Å². The van der Waals surface area contributed by atoms with E-state index in [0.29, 0.717) is 0 Å². The third-order valence-electron chi connectivity index (χ3n) is 2.88. The molecule has 108 valence electrons. The van der Waals surface area contributed by atoms with Crippen LogP contribution < -0.4 is 4.90 Å². The van der Waals surface area contributed by atoms with Crippen LogP contribution in [0.25, 0.3) is 0 Å². The highest BCUT2D eigenvalue weighted by molar-refractivity contribution is 6.28. The molecule has 5 nitrogen and oxygen atoms in total. The van der Waals surface area contributed by atoms with Gasteiger partial charge in [-0.2, -0.15) is 4.98 Å². The molecule has 2 aromatic rings. The molecule has 2 rings (SSSR count). The van der Waals surface area contributed by atoms with Crippen LogP contribution in [0.4, 0.5) is 5.82 Å². The predicted octanol–water partition coefficient (Wildman–Crippen LogP) is 2.64. The monoisotopic (exact) mass is 295 g/mol. The largest absolute Gasteiger partial charge is 0.503 e. The van der Waals surface area contributed by atoms with Crippen molar-refractivity contribution in [2.75, 3.05) is 18.6 Å². The summed E-state index contributed by atoms with van der Waals surface area (Å²) in [6.07, 6.45) is 1.24. The fourth-order valence-corrected chi connectivity index (χ4v) is 2.01. The van der Waals surface area contributed by atoms with Gasteiger partial charge in [0.25, 0.3) is 0 Å². The van der Waals surface area contributed by atoms with E-state index in [1.165, 1.54) is 6.20 Å². The van der Waals surface area contributed by atoms with Crippen molar-refractivity contribution in [2.45, 2.75) is 13.5 Å². The fraction of sp³-hybridized carbons (Fsp3) is 0.286. The number of benzene rings is 1. The maximum absolute atomic E-state index is 9.79. The zero-order valence-electron chi connectivity index (χ0n) is 10.4. The second-order valence-electron chi connectivity index (χ2n) is 4.07. The van der Waals surface area contributed by atoms with E-state index >= 15 is 0 Å². The van der Waals surface area contributed by atoms with Gasteiger partial charge in [-0.05, 0) is 17.2 Å². The van der Waals surface area contributed by atoms with Gasteiger partial charge < -0.3 is 15.1 Å². The molecule has 0 aliphatic rings. The molecular formula is C14H18ClN3O2. The lowest BCUT2D eigenvalue weighted by Crippen LogP contribution is -2.28. The lowest BCUT2D eigenvalue weighted by molar-refractivity contribution is 0.263. The van der Waals surface area contributed by atoms with Gasteiger partial charge in [-0.3, -0.25) is 0 Å². The zero-order valence-corrected chi connectivity index (χ0v) is 11.1. The van der Waals surface area contributed by atoms with E-state index in [-0.39, 0.29) is 36.9 Å². The first-order valence-corrected chi connectivity index (χ1v) is 6.11. The van der Waals surface area contributed by atoms with Crippen LogP contribution in [0.15, 0.2) is 36.5 Å². The molecule has 0 aliphatic carbocycles. The molecule has 1 atom stereocenters. The molecule has 0 bridgehead atoms. The van der Waals surface area contributed by atoms with Gasteiger partial charge in [0.2, 0.25) is 5.28 Å². The molecule has 0 radical (unpaired) electrons. The van der Waals surface area contributed by atoms with Crippen LogP contribution in [-0.4, -0.2) is 33.8 Å². The van der Waals surface area contributed by atoms with Gasteiger partial charge in [0.05, 0.1) is 18.8 Å². The Labute approximate surface area is 123 Å². The van der Waals surface area contributed by atoms with Crippen molar-refractivity contribution in [3.63, 3.8) is 0 Å². The minimum absolute atomic E-state index is 0. The van der Waals surface area contributed by atoms with Crippen LogP contribution in [0.1, 0.15) is 19.0 Å². The number of aromatic hydroxyl groups is 1. The van der Waals surface area contributed by atoms with Crippen LogP contribution in [0.2, 0.25) is 5.28 Å². The van der Waals surface area contributed by atoms with E-state index in [1.54, 1.807) is 11.9 Å². The number of anilines is 1. The Morgan fingerprint density at radius 2 is 1.95 bits per heavy atom. The minimum Gasteiger partial charge on any atom is -0.503 e. The topological polar surface area (TPSA) is 69.5 Å². The highest BCUT2D eigenvalue weighted by Gasteiger charge is 2.20. The van der Waals surface area contributed by atoms with Gasteiger partial charge >= 0.3 is 0 Å². The average Bonchev–Trinajstić information content (AvgIpc) is 2.43. The van der Waals surface area contributed by atoms with E-state index < -0.39 is 0 Å². The highest BCUT2D eigenvalue weighted by Crippen LogP contribution is 2.30. The number of hydrogen-bond donors (Lipinski definition) is 2. The summed E-state index contributed by atoms with van der Waals surface area (Å²) < 4.78 is 0. The Hall–Kier alpha value is -1.85. The quantitative estimate of drug-likeness (QED) is 0.849. The minimum atomic E-state index is -0.321. The predicted molar refractivity (Wildman–Crippen MR) is 80.1 cm³/mol. The number of aliphatic hydroxyl groups is 1. The number of rotatable bonds is 4. The molecule has 0 fully saturated rings. The molecule has 0 saturated carbocycles. The van der Waals surface area contributed by atoms with Crippen molar-refractivity contribution in [3.8, 4) is 5.75 Å². The van der Waals surface area contributed by atoms with Crippen LogP contribution in [0.3, 0.4) is 0 Å². The van der Waals surface area contributed by atoms with Crippen molar-refractivity contribution < 1.29 is 10.2 Å². The number of aromatic nitrogens is 2. The summed E-state index contributed by atoms with van der Waals surface area (Å²) in [6, 6.07) is 9.15. The Morgan fingerprint density at radius 1 is 1.30 bits per heavy atom. The average molecular weight is 296 g/mol. The Balaban J connectivity index is 0.00000200. The zero-order chi connectivity index (χ0) is 13.8. The lowest BCUT2D eigenvalue weighted by atomic mass is 10.1. The van der Waals surface area contributed by atoms with Crippen LogP contribution in [0.5, 0.6) is 5.75 Å². The summed E-state index contributed by atoms with van der Waals surface area (Å²) in [6.45, 7) is -0.110. The third kappa shape index (κ3) is 3.37. The van der Waals surface area contributed by atoms with Gasteiger partial charge in [0.1, 0.15) is 0 Å². The number of aliphatic hydroxyl groups excluding tert-OH is 1. The number of nitrogens with zero attached hydrogens (tertiary/aromatic N) is 3. The van der Waals surface area contributed by atoms with Gasteiger partial charge in [-0.25, -0.2) is 4.98 Å². The maximum Gasteiger partial charge on any atom is 0.224 e. The first-order valence-electron chi connectivity index (χ1n) is 5.73. The van der Waals surface area contributed by atoms with E-state index in [9.17, 15) is 10.2 Å². The molecule has 1 aromatic carbocycles. The summed E-state index contributed by atoms with van der Waals surface area (Å²) >= 11 is 5.73. The Kier molecular flexibility index (Phi) is 5.73. The molecular weight excluding hydrogens is 278 g/mol. The van der Waals surface area contributed by atoms with Gasteiger partial charge in [-0.1, -0.05) is 37.8 Å². The standard InChI is InChI=1S/C13H14ClN3O2.CH4/c1-17(12-11(19)7-15-13(14)16-12)10(8-18)9-5-3-2-4-6-9;/h2-7,10,18-19H,8H2,1H3;1H4. The number of hydrogen-bond acceptors (Lipinski definition) is 5. The summed E-state index contributed by atoms with van der Waals surface area (Å²) in [5, 5.41) is 19.4. The second-order valence-corrected chi connectivity index (χ2v) is 4.41. The first-order chi connectivity index (χ1) is 9.13. The Morgan fingerprint density at radius 3 is 2.55 bits per heavy atom. The fourth-order valence-electron chi connectivity index (χ4n) is 1.88. The second kappa shape index (κ2) is 7.07. The van der Waals surface area contributed by atoms with Crippen molar-refractivity contribution in [3.05, 3.63) is 47.4 Å². The molecule has 1 unspecified atom stereocenters. The third-order valence-corrected chi connectivity index (χ3v) is 3.06. The first kappa shape index (κ1) is 16.2. The van der Waals surface area contributed by atoms with E-state index in [4.69, 9.17) is 11.6 Å². The van der Waals surface area contributed by atoms with Gasteiger partial charge in [0.15, 0.2) is 11.6 Å². The van der Waals surface area contributed by atoms with Crippen LogP contribution in [0, 0.1) is 0 Å². The summed E-state index contributed by atoms with van der Waals surface area (Å²) in [4.78, 5) is 9.35. The molecule has 1 heterocycles. The van der Waals surface area contributed by atoms with Gasteiger partial charge in [-0.15, -0.1) is 0 Å². The van der Waals surface area contributed by atoms with Gasteiger partial charge in [0, 0.05) is 7.05 Å². The van der Waals surface area contributed by atoms with E-state index in [1.807, 2.05) is 30.3 Å².